The smallest absolute Gasteiger partial charge is 0.324 e. The van der Waals surface area contributed by atoms with Crippen molar-refractivity contribution in [1.82, 2.24) is 20.2 Å². The molecule has 1 N–H and O–H groups in total. The normalized spacial score (nSPS) is 31.7. The van der Waals surface area contributed by atoms with Crippen LogP contribution in [0.3, 0.4) is 0 Å². The molecule has 0 spiro atoms. The zero-order chi connectivity index (χ0) is 16.2. The van der Waals surface area contributed by atoms with Crippen molar-refractivity contribution in [3.05, 3.63) is 0 Å². The summed E-state index contributed by atoms with van der Waals surface area (Å²) in [5.74, 6) is 0.645. The van der Waals surface area contributed by atoms with E-state index in [1.807, 2.05) is 4.90 Å². The molecule has 7 nitrogen and oxygen atoms in total. The Kier molecular flexibility index (Phi) is 5.50. The molecule has 3 atom stereocenters. The Morgan fingerprint density at radius 3 is 2.65 bits per heavy atom. The molecule has 0 radical (unpaired) electrons. The Labute approximate surface area is 137 Å². The van der Waals surface area contributed by atoms with Crippen LogP contribution in [0.15, 0.2) is 0 Å². The first-order valence-corrected chi connectivity index (χ1v) is 8.77. The summed E-state index contributed by atoms with van der Waals surface area (Å²) in [4.78, 5) is 27.6. The first-order chi connectivity index (χ1) is 11.1. The molecule has 3 heterocycles. The standard InChI is InChI=1S/C16H28N4O3/c1-13(21)19-7-5-18(6-8-19)9-10-23-16(22)15-11-14-3-2-4-20(12-14)17-15/h14-15,17H,2-12H2,1H3. The van der Waals surface area contributed by atoms with E-state index in [1.54, 1.807) is 6.92 Å². The zero-order valence-electron chi connectivity index (χ0n) is 14.0. The van der Waals surface area contributed by atoms with E-state index in [0.717, 1.165) is 52.2 Å². The third-order valence-corrected chi connectivity index (χ3v) is 5.18. The number of rotatable bonds is 4. The SMILES string of the molecule is CC(=O)N1CCN(CCOC(=O)C2CC3CCCN(C3)N2)CC1. The molecule has 3 saturated heterocycles. The molecule has 3 aliphatic rings. The Morgan fingerprint density at radius 2 is 1.96 bits per heavy atom. The zero-order valence-corrected chi connectivity index (χ0v) is 14.0. The maximum atomic E-state index is 12.2. The molecule has 1 amide bonds. The van der Waals surface area contributed by atoms with Crippen LogP contribution < -0.4 is 5.43 Å². The number of ether oxygens (including phenoxy) is 1. The van der Waals surface area contributed by atoms with E-state index in [4.69, 9.17) is 4.74 Å². The maximum absolute atomic E-state index is 12.2. The molecule has 7 heteroatoms. The van der Waals surface area contributed by atoms with Gasteiger partial charge in [-0.15, -0.1) is 0 Å². The van der Waals surface area contributed by atoms with Gasteiger partial charge in [0.15, 0.2) is 0 Å². The van der Waals surface area contributed by atoms with Crippen molar-refractivity contribution in [3.8, 4) is 0 Å². The van der Waals surface area contributed by atoms with Gasteiger partial charge in [0.1, 0.15) is 12.6 Å². The monoisotopic (exact) mass is 324 g/mol. The predicted octanol–water partition coefficient (Wildman–Crippen LogP) is -0.317. The quantitative estimate of drug-likeness (QED) is 0.715. The Balaban J connectivity index is 1.34. The van der Waals surface area contributed by atoms with E-state index < -0.39 is 0 Å². The van der Waals surface area contributed by atoms with Crippen molar-refractivity contribution in [2.75, 3.05) is 52.4 Å². The van der Waals surface area contributed by atoms with Crippen LogP contribution in [0.25, 0.3) is 0 Å². The fourth-order valence-corrected chi connectivity index (χ4v) is 3.79. The molecule has 0 saturated carbocycles. The largest absolute Gasteiger partial charge is 0.463 e. The second-order valence-electron chi connectivity index (χ2n) is 6.89. The van der Waals surface area contributed by atoms with E-state index in [9.17, 15) is 9.59 Å². The Hall–Kier alpha value is -1.18. The van der Waals surface area contributed by atoms with Crippen LogP contribution >= 0.6 is 0 Å². The minimum atomic E-state index is -0.177. The average molecular weight is 324 g/mol. The third-order valence-electron chi connectivity index (χ3n) is 5.18. The molecule has 3 rings (SSSR count). The number of hydrogen-bond acceptors (Lipinski definition) is 6. The summed E-state index contributed by atoms with van der Waals surface area (Å²) >= 11 is 0. The first kappa shape index (κ1) is 16.7. The van der Waals surface area contributed by atoms with Crippen molar-refractivity contribution >= 4 is 11.9 Å². The number of fused-ring (bicyclic) bond motifs is 2. The Morgan fingerprint density at radius 1 is 1.17 bits per heavy atom. The minimum Gasteiger partial charge on any atom is -0.463 e. The molecule has 3 aliphatic heterocycles. The molecule has 3 fully saturated rings. The molecular weight excluding hydrogens is 296 g/mol. The maximum Gasteiger partial charge on any atom is 0.324 e. The molecule has 3 unspecified atom stereocenters. The van der Waals surface area contributed by atoms with Gasteiger partial charge in [0, 0.05) is 52.7 Å². The van der Waals surface area contributed by atoms with Gasteiger partial charge < -0.3 is 9.64 Å². The molecular formula is C16H28N4O3. The summed E-state index contributed by atoms with van der Waals surface area (Å²) in [6, 6.07) is -0.177. The van der Waals surface area contributed by atoms with E-state index >= 15 is 0 Å². The lowest BCUT2D eigenvalue weighted by molar-refractivity contribution is -0.151. The number of hydrazine groups is 1. The van der Waals surface area contributed by atoms with Crippen molar-refractivity contribution in [1.29, 1.82) is 0 Å². The van der Waals surface area contributed by atoms with Gasteiger partial charge in [0.25, 0.3) is 0 Å². The molecule has 0 aromatic carbocycles. The van der Waals surface area contributed by atoms with Crippen LogP contribution in [0, 0.1) is 5.92 Å². The van der Waals surface area contributed by atoms with Gasteiger partial charge >= 0.3 is 5.97 Å². The summed E-state index contributed by atoms with van der Waals surface area (Å²) in [7, 11) is 0. The summed E-state index contributed by atoms with van der Waals surface area (Å²) in [5.41, 5.74) is 3.29. The van der Waals surface area contributed by atoms with Gasteiger partial charge in [0.2, 0.25) is 5.91 Å². The summed E-state index contributed by atoms with van der Waals surface area (Å²) in [6.45, 7) is 8.13. The van der Waals surface area contributed by atoms with Crippen LogP contribution in [-0.2, 0) is 14.3 Å². The number of amides is 1. The lowest BCUT2D eigenvalue weighted by atomic mass is 9.90. The third kappa shape index (κ3) is 4.43. The number of hydrogen-bond donors (Lipinski definition) is 1. The number of piperidine rings is 1. The Bertz CT molecular complexity index is 425. The predicted molar refractivity (Wildman–Crippen MR) is 85.5 cm³/mol. The fraction of sp³-hybridized carbons (Fsp3) is 0.875. The number of nitrogens with one attached hydrogen (secondary N) is 1. The average Bonchev–Trinajstić information content (AvgIpc) is 2.55. The molecule has 0 aliphatic carbocycles. The molecule has 23 heavy (non-hydrogen) atoms. The van der Waals surface area contributed by atoms with E-state index in [-0.39, 0.29) is 17.9 Å². The first-order valence-electron chi connectivity index (χ1n) is 8.77. The van der Waals surface area contributed by atoms with Gasteiger partial charge in [0.05, 0.1) is 0 Å². The number of piperazine rings is 1. The second kappa shape index (κ2) is 7.59. The number of carbonyl (C=O) groups is 2. The van der Waals surface area contributed by atoms with Crippen molar-refractivity contribution in [2.45, 2.75) is 32.2 Å². The summed E-state index contributed by atoms with van der Waals surface area (Å²) < 4.78 is 5.47. The molecule has 130 valence electrons. The highest BCUT2D eigenvalue weighted by molar-refractivity contribution is 5.75. The van der Waals surface area contributed by atoms with Gasteiger partial charge in [-0.1, -0.05) is 0 Å². The van der Waals surface area contributed by atoms with Gasteiger partial charge in [-0.05, 0) is 25.2 Å². The second-order valence-corrected chi connectivity index (χ2v) is 6.89. The molecule has 2 bridgehead atoms. The topological polar surface area (TPSA) is 65.1 Å². The van der Waals surface area contributed by atoms with E-state index in [1.165, 1.54) is 12.8 Å². The number of nitrogens with zero attached hydrogens (tertiary/aromatic N) is 3. The van der Waals surface area contributed by atoms with Crippen LogP contribution in [0.1, 0.15) is 26.2 Å². The van der Waals surface area contributed by atoms with Gasteiger partial charge in [-0.25, -0.2) is 10.4 Å². The molecule has 0 aromatic heterocycles. The number of esters is 1. The molecule has 0 aromatic rings. The van der Waals surface area contributed by atoms with Crippen LogP contribution in [0.2, 0.25) is 0 Å². The lowest BCUT2D eigenvalue weighted by Gasteiger charge is -2.41. The van der Waals surface area contributed by atoms with Crippen LogP contribution in [-0.4, -0.2) is 85.1 Å². The fourth-order valence-electron chi connectivity index (χ4n) is 3.79. The highest BCUT2D eigenvalue weighted by atomic mass is 16.5. The highest BCUT2D eigenvalue weighted by Crippen LogP contribution is 2.24. The van der Waals surface area contributed by atoms with Gasteiger partial charge in [-0.3, -0.25) is 14.5 Å². The minimum absolute atomic E-state index is 0.121. The van der Waals surface area contributed by atoms with Crippen molar-refractivity contribution < 1.29 is 14.3 Å². The van der Waals surface area contributed by atoms with Crippen molar-refractivity contribution in [3.63, 3.8) is 0 Å². The van der Waals surface area contributed by atoms with Crippen molar-refractivity contribution in [2.24, 2.45) is 5.92 Å². The number of carbonyl (C=O) groups excluding carboxylic acids is 2. The van der Waals surface area contributed by atoms with E-state index in [2.05, 4.69) is 15.3 Å². The summed E-state index contributed by atoms with van der Waals surface area (Å²) in [6.07, 6.45) is 3.33. The summed E-state index contributed by atoms with van der Waals surface area (Å²) in [5, 5.41) is 2.17. The van der Waals surface area contributed by atoms with Gasteiger partial charge in [-0.2, -0.15) is 0 Å². The van der Waals surface area contributed by atoms with E-state index in [0.29, 0.717) is 12.5 Å². The highest BCUT2D eigenvalue weighted by Gasteiger charge is 2.34. The van der Waals surface area contributed by atoms with Crippen LogP contribution in [0.4, 0.5) is 0 Å². The van der Waals surface area contributed by atoms with Crippen LogP contribution in [0.5, 0.6) is 0 Å². The lowest BCUT2D eigenvalue weighted by Crippen LogP contribution is -2.58.